The summed E-state index contributed by atoms with van der Waals surface area (Å²) >= 11 is 1.31. The Hall–Kier alpha value is -3.13. The van der Waals surface area contributed by atoms with Crippen LogP contribution in [-0.4, -0.2) is 45.8 Å². The molecule has 0 bridgehead atoms. The van der Waals surface area contributed by atoms with Crippen LogP contribution in [0.1, 0.15) is 27.6 Å². The summed E-state index contributed by atoms with van der Waals surface area (Å²) in [6.45, 7) is 2.81. The largest absolute Gasteiger partial charge is 0.494 e. The summed E-state index contributed by atoms with van der Waals surface area (Å²) in [7, 11) is 0. The van der Waals surface area contributed by atoms with E-state index in [-0.39, 0.29) is 18.4 Å². The molecule has 0 radical (unpaired) electrons. The van der Waals surface area contributed by atoms with Crippen molar-refractivity contribution in [3.05, 3.63) is 59.7 Å². The maximum absolute atomic E-state index is 12.3. The van der Waals surface area contributed by atoms with Crippen LogP contribution >= 0.6 is 11.8 Å². The van der Waals surface area contributed by atoms with Crippen molar-refractivity contribution in [3.63, 3.8) is 0 Å². The molecule has 0 aliphatic carbocycles. The lowest BCUT2D eigenvalue weighted by Gasteiger charge is -2.12. The van der Waals surface area contributed by atoms with Gasteiger partial charge in [-0.3, -0.25) is 14.5 Å². The summed E-state index contributed by atoms with van der Waals surface area (Å²) in [5.74, 6) is 1.13. The topological polar surface area (TPSA) is 85.5 Å². The van der Waals surface area contributed by atoms with E-state index in [9.17, 15) is 9.59 Å². The fourth-order valence-corrected chi connectivity index (χ4v) is 3.60. The fourth-order valence-electron chi connectivity index (χ4n) is 2.91. The maximum atomic E-state index is 12.3. The van der Waals surface area contributed by atoms with Crippen molar-refractivity contribution in [1.29, 1.82) is 0 Å². The van der Waals surface area contributed by atoms with Crippen molar-refractivity contribution >= 4 is 23.6 Å². The van der Waals surface area contributed by atoms with Gasteiger partial charge in [-0.15, -0.1) is 10.2 Å². The Balaban J connectivity index is 1.35. The minimum Gasteiger partial charge on any atom is -0.494 e. The normalized spacial score (nSPS) is 13.1. The molecule has 4 rings (SSSR count). The number of carbonyl (C=O) groups excluding carboxylic acids is 2. The van der Waals surface area contributed by atoms with Crippen LogP contribution in [0.15, 0.2) is 58.2 Å². The first-order valence-corrected chi connectivity index (χ1v) is 9.80. The average molecular weight is 395 g/mol. The van der Waals surface area contributed by atoms with Gasteiger partial charge in [0.15, 0.2) is 0 Å². The molecule has 0 saturated heterocycles. The van der Waals surface area contributed by atoms with Crippen molar-refractivity contribution in [3.8, 4) is 17.2 Å². The van der Waals surface area contributed by atoms with Crippen LogP contribution in [0.3, 0.4) is 0 Å². The van der Waals surface area contributed by atoms with Gasteiger partial charge >= 0.3 is 0 Å². The quantitative estimate of drug-likeness (QED) is 0.447. The molecule has 0 saturated carbocycles. The number of hydrogen-bond acceptors (Lipinski definition) is 7. The van der Waals surface area contributed by atoms with E-state index in [4.69, 9.17) is 9.15 Å². The summed E-state index contributed by atoms with van der Waals surface area (Å²) in [6.07, 6.45) is 0. The Labute approximate surface area is 165 Å². The van der Waals surface area contributed by atoms with Crippen LogP contribution in [0.4, 0.5) is 0 Å². The first-order chi connectivity index (χ1) is 13.7. The Morgan fingerprint density at radius 2 is 1.68 bits per heavy atom. The molecule has 0 atom stereocenters. The lowest BCUT2D eigenvalue weighted by molar-refractivity contribution is 0.0664. The van der Waals surface area contributed by atoms with E-state index in [2.05, 4.69) is 10.2 Å². The van der Waals surface area contributed by atoms with Crippen molar-refractivity contribution in [2.24, 2.45) is 0 Å². The number of imide groups is 1. The molecule has 2 heterocycles. The highest BCUT2D eigenvalue weighted by Gasteiger charge is 2.34. The van der Waals surface area contributed by atoms with Gasteiger partial charge in [0.25, 0.3) is 17.0 Å². The summed E-state index contributed by atoms with van der Waals surface area (Å²) in [5, 5.41) is 8.46. The molecule has 28 heavy (non-hydrogen) atoms. The SMILES string of the molecule is CCOc1ccc(-c2nnc(SCCN3C(=O)c4ccccc4C3=O)o2)cc1. The number of amides is 2. The van der Waals surface area contributed by atoms with Gasteiger partial charge < -0.3 is 9.15 Å². The molecular weight excluding hydrogens is 378 g/mol. The number of aromatic nitrogens is 2. The molecule has 1 aliphatic rings. The molecule has 2 aromatic carbocycles. The van der Waals surface area contributed by atoms with E-state index in [1.807, 2.05) is 31.2 Å². The van der Waals surface area contributed by atoms with Gasteiger partial charge in [0.1, 0.15) is 5.75 Å². The van der Waals surface area contributed by atoms with Crippen LogP contribution in [0.25, 0.3) is 11.5 Å². The molecule has 0 spiro atoms. The van der Waals surface area contributed by atoms with Crippen molar-refractivity contribution in [1.82, 2.24) is 15.1 Å². The van der Waals surface area contributed by atoms with Crippen LogP contribution in [-0.2, 0) is 0 Å². The average Bonchev–Trinajstić information content (AvgIpc) is 3.28. The van der Waals surface area contributed by atoms with E-state index in [0.717, 1.165) is 11.3 Å². The molecule has 2 amide bonds. The summed E-state index contributed by atoms with van der Waals surface area (Å²) in [6, 6.07) is 14.2. The zero-order valence-electron chi connectivity index (χ0n) is 15.1. The number of fused-ring (bicyclic) bond motifs is 1. The second-order valence-electron chi connectivity index (χ2n) is 5.99. The number of hydrogen-bond donors (Lipinski definition) is 0. The molecule has 0 N–H and O–H groups in total. The van der Waals surface area contributed by atoms with Crippen molar-refractivity contribution in [2.45, 2.75) is 12.1 Å². The molecule has 8 heteroatoms. The summed E-state index contributed by atoms with van der Waals surface area (Å²) in [4.78, 5) is 25.9. The molecule has 1 aromatic heterocycles. The van der Waals surface area contributed by atoms with Gasteiger partial charge in [0.05, 0.1) is 17.7 Å². The predicted molar refractivity (Wildman–Crippen MR) is 103 cm³/mol. The molecule has 142 valence electrons. The second-order valence-corrected chi connectivity index (χ2v) is 7.03. The standard InChI is InChI=1S/C20H17N3O4S/c1-2-26-14-9-7-13(8-10-14)17-21-22-20(27-17)28-12-11-23-18(24)15-5-3-4-6-16(15)19(23)25/h3-10H,2,11-12H2,1H3. The first kappa shape index (κ1) is 18.2. The van der Waals surface area contributed by atoms with E-state index in [1.54, 1.807) is 24.3 Å². The number of carbonyl (C=O) groups is 2. The lowest BCUT2D eigenvalue weighted by Crippen LogP contribution is -2.31. The maximum Gasteiger partial charge on any atom is 0.276 e. The molecule has 0 unspecified atom stereocenters. The van der Waals surface area contributed by atoms with Crippen LogP contribution in [0, 0.1) is 0 Å². The van der Waals surface area contributed by atoms with Crippen molar-refractivity contribution < 1.29 is 18.7 Å². The number of nitrogens with zero attached hydrogens (tertiary/aromatic N) is 3. The highest BCUT2D eigenvalue weighted by Crippen LogP contribution is 2.26. The van der Waals surface area contributed by atoms with E-state index >= 15 is 0 Å². The zero-order chi connectivity index (χ0) is 19.5. The minimum absolute atomic E-state index is 0.262. The van der Waals surface area contributed by atoms with Crippen LogP contribution in [0.2, 0.25) is 0 Å². The third-order valence-electron chi connectivity index (χ3n) is 4.24. The summed E-state index contributed by atoms with van der Waals surface area (Å²) < 4.78 is 11.1. The molecule has 7 nitrogen and oxygen atoms in total. The Kier molecular flexibility index (Phi) is 5.12. The van der Waals surface area contributed by atoms with Gasteiger partial charge in [-0.05, 0) is 43.3 Å². The van der Waals surface area contributed by atoms with E-state index < -0.39 is 0 Å². The second kappa shape index (κ2) is 7.85. The van der Waals surface area contributed by atoms with Crippen LogP contribution < -0.4 is 4.74 Å². The zero-order valence-corrected chi connectivity index (χ0v) is 15.9. The van der Waals surface area contributed by atoms with Gasteiger partial charge in [-0.1, -0.05) is 23.9 Å². The van der Waals surface area contributed by atoms with Gasteiger partial charge in [-0.2, -0.15) is 0 Å². The van der Waals surface area contributed by atoms with E-state index in [1.165, 1.54) is 16.7 Å². The predicted octanol–water partition coefficient (Wildman–Crippen LogP) is 3.52. The van der Waals surface area contributed by atoms with Crippen molar-refractivity contribution in [2.75, 3.05) is 18.9 Å². The lowest BCUT2D eigenvalue weighted by atomic mass is 10.1. The Morgan fingerprint density at radius 1 is 1.00 bits per heavy atom. The Morgan fingerprint density at radius 3 is 2.32 bits per heavy atom. The van der Waals surface area contributed by atoms with Gasteiger partial charge in [0, 0.05) is 17.9 Å². The number of benzene rings is 2. The Bertz CT molecular complexity index is 981. The smallest absolute Gasteiger partial charge is 0.276 e. The third-order valence-corrected chi connectivity index (χ3v) is 5.04. The monoisotopic (exact) mass is 395 g/mol. The molecule has 3 aromatic rings. The third kappa shape index (κ3) is 3.50. The molecule has 1 aliphatic heterocycles. The highest BCUT2D eigenvalue weighted by atomic mass is 32.2. The first-order valence-electron chi connectivity index (χ1n) is 8.82. The summed E-state index contributed by atoms with van der Waals surface area (Å²) in [5.41, 5.74) is 1.70. The van der Waals surface area contributed by atoms with Crippen LogP contribution in [0.5, 0.6) is 5.75 Å². The highest BCUT2D eigenvalue weighted by molar-refractivity contribution is 7.99. The number of ether oxygens (including phenoxy) is 1. The number of thioether (sulfide) groups is 1. The van der Waals surface area contributed by atoms with Gasteiger partial charge in [0.2, 0.25) is 5.89 Å². The minimum atomic E-state index is -0.262. The number of rotatable bonds is 7. The molecule has 0 fully saturated rings. The van der Waals surface area contributed by atoms with Gasteiger partial charge in [-0.25, -0.2) is 0 Å². The fraction of sp³-hybridized carbons (Fsp3) is 0.200. The molecular formula is C20H17N3O4S. The van der Waals surface area contributed by atoms with E-state index in [0.29, 0.717) is 34.6 Å².